The van der Waals surface area contributed by atoms with Gasteiger partial charge in [-0.1, -0.05) is 19.8 Å². The fraction of sp³-hybridized carbons (Fsp3) is 1.00. The smallest absolute Gasteiger partial charge is 0.108 e. The highest BCUT2D eigenvalue weighted by atomic mass is 16.4. The second-order valence-electron chi connectivity index (χ2n) is 3.71. The van der Waals surface area contributed by atoms with E-state index in [0.717, 1.165) is 19.3 Å². The zero-order valence-electron chi connectivity index (χ0n) is 7.98. The third kappa shape index (κ3) is 2.64. The van der Waals surface area contributed by atoms with Gasteiger partial charge in [0.05, 0.1) is 12.2 Å². The lowest BCUT2D eigenvalue weighted by Crippen LogP contribution is -2.59. The van der Waals surface area contributed by atoms with Gasteiger partial charge in [0.1, 0.15) is 6.10 Å². The number of hydrogen-bond acceptors (Lipinski definition) is 4. The second kappa shape index (κ2) is 4.91. The number of β-amino-alcohol motifs (C(OH)–C–C–N with tert-alkyl or cyclic N) is 1. The van der Waals surface area contributed by atoms with Crippen molar-refractivity contribution in [3.8, 4) is 0 Å². The Bertz CT molecular complexity index is 152. The van der Waals surface area contributed by atoms with Crippen molar-refractivity contribution < 1.29 is 15.3 Å². The standard InChI is InChI=1S/C9H19NO3/c1-2-3-4-6-8(12)9(13)7(11)5-10-6/h6-13H,2-5H2,1H3/t6-,7+,8+,9+/m1/s1. The fourth-order valence-electron chi connectivity index (χ4n) is 1.68. The SMILES string of the molecule is CCCC[C@H]1NC[C@H](O)[C@H](O)[C@H]1O. The Balaban J connectivity index is 2.39. The van der Waals surface area contributed by atoms with Crippen LogP contribution in [-0.2, 0) is 0 Å². The van der Waals surface area contributed by atoms with Gasteiger partial charge >= 0.3 is 0 Å². The summed E-state index contributed by atoms with van der Waals surface area (Å²) in [4.78, 5) is 0. The maximum Gasteiger partial charge on any atom is 0.108 e. The first kappa shape index (κ1) is 10.9. The molecule has 13 heavy (non-hydrogen) atoms. The molecule has 1 fully saturated rings. The summed E-state index contributed by atoms with van der Waals surface area (Å²) in [6, 6.07) is -0.0710. The zero-order chi connectivity index (χ0) is 9.84. The molecule has 0 unspecified atom stereocenters. The van der Waals surface area contributed by atoms with Gasteiger partial charge in [-0.3, -0.25) is 0 Å². The Hall–Kier alpha value is -0.160. The van der Waals surface area contributed by atoms with Crippen molar-refractivity contribution in [1.29, 1.82) is 0 Å². The van der Waals surface area contributed by atoms with Gasteiger partial charge in [-0.05, 0) is 6.42 Å². The molecule has 1 aliphatic heterocycles. The number of unbranched alkanes of at least 4 members (excludes halogenated alkanes) is 1. The highest BCUT2D eigenvalue weighted by Gasteiger charge is 2.35. The van der Waals surface area contributed by atoms with Crippen molar-refractivity contribution in [2.45, 2.75) is 50.5 Å². The van der Waals surface area contributed by atoms with Crippen LogP contribution in [0.1, 0.15) is 26.2 Å². The van der Waals surface area contributed by atoms with Gasteiger partial charge in [-0.25, -0.2) is 0 Å². The van der Waals surface area contributed by atoms with E-state index in [9.17, 15) is 15.3 Å². The summed E-state index contributed by atoms with van der Waals surface area (Å²) in [5.74, 6) is 0. The van der Waals surface area contributed by atoms with Crippen molar-refractivity contribution >= 4 is 0 Å². The minimum Gasteiger partial charge on any atom is -0.389 e. The Kier molecular flexibility index (Phi) is 4.12. The molecule has 0 amide bonds. The average Bonchev–Trinajstić information content (AvgIpc) is 2.13. The van der Waals surface area contributed by atoms with Gasteiger partial charge in [-0.2, -0.15) is 0 Å². The van der Waals surface area contributed by atoms with Gasteiger partial charge in [0, 0.05) is 12.6 Å². The van der Waals surface area contributed by atoms with Crippen LogP contribution in [-0.4, -0.2) is 46.2 Å². The van der Waals surface area contributed by atoms with E-state index >= 15 is 0 Å². The van der Waals surface area contributed by atoms with Crippen LogP contribution >= 0.6 is 0 Å². The van der Waals surface area contributed by atoms with Crippen LogP contribution in [0, 0.1) is 0 Å². The summed E-state index contributed by atoms with van der Waals surface area (Å²) in [6.07, 6.45) is 0.272. The molecule has 0 aromatic carbocycles. The van der Waals surface area contributed by atoms with Crippen LogP contribution in [0.3, 0.4) is 0 Å². The number of piperidine rings is 1. The summed E-state index contributed by atoms with van der Waals surface area (Å²) < 4.78 is 0. The van der Waals surface area contributed by atoms with Crippen molar-refractivity contribution in [3.63, 3.8) is 0 Å². The normalized spacial score (nSPS) is 40.6. The van der Waals surface area contributed by atoms with E-state index in [1.165, 1.54) is 0 Å². The molecule has 0 aromatic rings. The molecule has 78 valence electrons. The molecule has 0 bridgehead atoms. The van der Waals surface area contributed by atoms with E-state index in [1.54, 1.807) is 0 Å². The topological polar surface area (TPSA) is 72.7 Å². The minimum absolute atomic E-state index is 0.0710. The van der Waals surface area contributed by atoms with Crippen molar-refractivity contribution in [2.24, 2.45) is 0 Å². The molecule has 1 rings (SSSR count). The van der Waals surface area contributed by atoms with Crippen LogP contribution in [0.4, 0.5) is 0 Å². The van der Waals surface area contributed by atoms with Crippen LogP contribution in [0.2, 0.25) is 0 Å². The van der Waals surface area contributed by atoms with E-state index in [1.807, 2.05) is 0 Å². The lowest BCUT2D eigenvalue weighted by molar-refractivity contribution is -0.0952. The van der Waals surface area contributed by atoms with E-state index in [-0.39, 0.29) is 6.04 Å². The maximum absolute atomic E-state index is 9.56. The zero-order valence-corrected chi connectivity index (χ0v) is 7.98. The first-order chi connectivity index (χ1) is 6.16. The van der Waals surface area contributed by atoms with Gasteiger partial charge in [0.25, 0.3) is 0 Å². The molecule has 1 saturated heterocycles. The Morgan fingerprint density at radius 2 is 1.92 bits per heavy atom. The molecule has 4 heteroatoms. The van der Waals surface area contributed by atoms with E-state index in [4.69, 9.17) is 0 Å². The summed E-state index contributed by atoms with van der Waals surface area (Å²) in [7, 11) is 0. The molecular formula is C9H19NO3. The van der Waals surface area contributed by atoms with Gasteiger partial charge in [0.2, 0.25) is 0 Å². The number of hydrogen-bond donors (Lipinski definition) is 4. The molecule has 0 aromatic heterocycles. The largest absolute Gasteiger partial charge is 0.389 e. The first-order valence-electron chi connectivity index (χ1n) is 4.94. The molecule has 4 N–H and O–H groups in total. The number of rotatable bonds is 3. The predicted octanol–water partition coefficient (Wildman–Crippen LogP) is -0.769. The Morgan fingerprint density at radius 1 is 1.23 bits per heavy atom. The van der Waals surface area contributed by atoms with Gasteiger partial charge in [0.15, 0.2) is 0 Å². The maximum atomic E-state index is 9.56. The van der Waals surface area contributed by atoms with Crippen molar-refractivity contribution in [1.82, 2.24) is 5.32 Å². The summed E-state index contributed by atoms with van der Waals surface area (Å²) >= 11 is 0. The molecule has 1 heterocycles. The van der Waals surface area contributed by atoms with E-state index in [0.29, 0.717) is 6.54 Å². The molecule has 4 atom stereocenters. The molecule has 4 nitrogen and oxygen atoms in total. The quantitative estimate of drug-likeness (QED) is 0.470. The molecular weight excluding hydrogens is 170 g/mol. The van der Waals surface area contributed by atoms with Gasteiger partial charge in [-0.15, -0.1) is 0 Å². The molecule has 0 aliphatic carbocycles. The summed E-state index contributed by atoms with van der Waals surface area (Å²) in [5.41, 5.74) is 0. The number of aliphatic hydroxyl groups is 3. The fourth-order valence-corrected chi connectivity index (χ4v) is 1.68. The highest BCUT2D eigenvalue weighted by molar-refractivity contribution is 4.91. The third-order valence-corrected chi connectivity index (χ3v) is 2.61. The van der Waals surface area contributed by atoms with Crippen molar-refractivity contribution in [2.75, 3.05) is 6.54 Å². The average molecular weight is 189 g/mol. The van der Waals surface area contributed by atoms with Crippen LogP contribution in [0.25, 0.3) is 0 Å². The van der Waals surface area contributed by atoms with Crippen LogP contribution < -0.4 is 5.32 Å². The monoisotopic (exact) mass is 189 g/mol. The van der Waals surface area contributed by atoms with E-state index in [2.05, 4.69) is 12.2 Å². The van der Waals surface area contributed by atoms with E-state index < -0.39 is 18.3 Å². The molecule has 0 spiro atoms. The lowest BCUT2D eigenvalue weighted by atomic mass is 9.93. The first-order valence-corrected chi connectivity index (χ1v) is 4.94. The number of aliphatic hydroxyl groups excluding tert-OH is 3. The molecule has 0 saturated carbocycles. The van der Waals surface area contributed by atoms with Gasteiger partial charge < -0.3 is 20.6 Å². The minimum atomic E-state index is -0.997. The van der Waals surface area contributed by atoms with Crippen molar-refractivity contribution in [3.05, 3.63) is 0 Å². The third-order valence-electron chi connectivity index (χ3n) is 2.61. The molecule has 0 radical (unpaired) electrons. The van der Waals surface area contributed by atoms with Crippen LogP contribution in [0.5, 0.6) is 0 Å². The summed E-state index contributed by atoms with van der Waals surface area (Å²) in [6.45, 7) is 2.45. The Labute approximate surface area is 78.6 Å². The summed E-state index contributed by atoms with van der Waals surface area (Å²) in [5, 5.41) is 31.2. The lowest BCUT2D eigenvalue weighted by Gasteiger charge is -2.36. The highest BCUT2D eigenvalue weighted by Crippen LogP contribution is 2.14. The second-order valence-corrected chi connectivity index (χ2v) is 3.71. The predicted molar refractivity (Wildman–Crippen MR) is 49.3 cm³/mol. The Morgan fingerprint density at radius 3 is 2.54 bits per heavy atom. The van der Waals surface area contributed by atoms with Crippen LogP contribution in [0.15, 0.2) is 0 Å². The number of nitrogens with one attached hydrogen (secondary N) is 1. The molecule has 1 aliphatic rings.